The Bertz CT molecular complexity index is 487. The van der Waals surface area contributed by atoms with E-state index >= 15 is 0 Å². The SMILES string of the molecule is CCCc1ccc(C(C)NC(C)Cc2ccsc2)cc1. The molecule has 20 heavy (non-hydrogen) atoms. The average Bonchev–Trinajstić information content (AvgIpc) is 2.92. The summed E-state index contributed by atoms with van der Waals surface area (Å²) < 4.78 is 0. The molecule has 2 unspecified atom stereocenters. The Morgan fingerprint density at radius 3 is 2.40 bits per heavy atom. The molecule has 0 saturated carbocycles. The first kappa shape index (κ1) is 15.3. The van der Waals surface area contributed by atoms with Crippen molar-refractivity contribution in [3.63, 3.8) is 0 Å². The second kappa shape index (κ2) is 7.61. The van der Waals surface area contributed by atoms with E-state index in [1.807, 2.05) is 0 Å². The first-order chi connectivity index (χ1) is 9.69. The Morgan fingerprint density at radius 2 is 1.80 bits per heavy atom. The lowest BCUT2D eigenvalue weighted by atomic mass is 10.0. The van der Waals surface area contributed by atoms with Crippen molar-refractivity contribution in [1.82, 2.24) is 5.32 Å². The number of thiophene rings is 1. The molecule has 1 heterocycles. The van der Waals surface area contributed by atoms with Gasteiger partial charge >= 0.3 is 0 Å². The molecule has 2 atom stereocenters. The van der Waals surface area contributed by atoms with Gasteiger partial charge in [0.15, 0.2) is 0 Å². The number of hydrogen-bond acceptors (Lipinski definition) is 2. The molecule has 0 saturated heterocycles. The van der Waals surface area contributed by atoms with Gasteiger partial charge in [-0.05, 0) is 60.2 Å². The van der Waals surface area contributed by atoms with Crippen LogP contribution >= 0.6 is 11.3 Å². The van der Waals surface area contributed by atoms with E-state index in [2.05, 4.69) is 67.2 Å². The van der Waals surface area contributed by atoms with Crippen LogP contribution in [0, 0.1) is 0 Å². The van der Waals surface area contributed by atoms with Crippen molar-refractivity contribution >= 4 is 11.3 Å². The monoisotopic (exact) mass is 287 g/mol. The van der Waals surface area contributed by atoms with Crippen molar-refractivity contribution in [1.29, 1.82) is 0 Å². The summed E-state index contributed by atoms with van der Waals surface area (Å²) >= 11 is 1.78. The van der Waals surface area contributed by atoms with Gasteiger partial charge in [0.1, 0.15) is 0 Å². The van der Waals surface area contributed by atoms with Gasteiger partial charge in [-0.25, -0.2) is 0 Å². The van der Waals surface area contributed by atoms with Gasteiger partial charge in [0.25, 0.3) is 0 Å². The van der Waals surface area contributed by atoms with Gasteiger partial charge in [-0.15, -0.1) is 0 Å². The fourth-order valence-corrected chi connectivity index (χ4v) is 3.29. The Morgan fingerprint density at radius 1 is 1.05 bits per heavy atom. The molecule has 0 spiro atoms. The normalized spacial score (nSPS) is 14.2. The number of nitrogens with one attached hydrogen (secondary N) is 1. The van der Waals surface area contributed by atoms with Gasteiger partial charge in [0.05, 0.1) is 0 Å². The lowest BCUT2D eigenvalue weighted by Crippen LogP contribution is -2.30. The summed E-state index contributed by atoms with van der Waals surface area (Å²) in [6, 6.07) is 12.2. The molecule has 1 N–H and O–H groups in total. The van der Waals surface area contributed by atoms with Crippen LogP contribution in [0.25, 0.3) is 0 Å². The predicted molar refractivity (Wildman–Crippen MR) is 89.5 cm³/mol. The molecule has 0 aliphatic carbocycles. The second-order valence-electron chi connectivity index (χ2n) is 5.62. The molecular weight excluding hydrogens is 262 g/mol. The van der Waals surface area contributed by atoms with Gasteiger partial charge < -0.3 is 5.32 Å². The fourth-order valence-electron chi connectivity index (χ4n) is 2.61. The summed E-state index contributed by atoms with van der Waals surface area (Å²) in [6.07, 6.45) is 3.49. The topological polar surface area (TPSA) is 12.0 Å². The highest BCUT2D eigenvalue weighted by atomic mass is 32.1. The smallest absolute Gasteiger partial charge is 0.0294 e. The van der Waals surface area contributed by atoms with E-state index in [0.29, 0.717) is 12.1 Å². The molecule has 2 heteroatoms. The highest BCUT2D eigenvalue weighted by Gasteiger charge is 2.10. The van der Waals surface area contributed by atoms with Crippen molar-refractivity contribution in [2.45, 2.75) is 52.1 Å². The number of aryl methyl sites for hydroxylation is 1. The molecule has 0 radical (unpaired) electrons. The number of rotatable bonds is 7. The Labute approximate surface area is 127 Å². The Balaban J connectivity index is 1.88. The summed E-state index contributed by atoms with van der Waals surface area (Å²) in [7, 11) is 0. The first-order valence-corrected chi connectivity index (χ1v) is 8.49. The molecular formula is C18H25NS. The highest BCUT2D eigenvalue weighted by molar-refractivity contribution is 7.07. The van der Waals surface area contributed by atoms with E-state index < -0.39 is 0 Å². The van der Waals surface area contributed by atoms with Crippen LogP contribution in [-0.4, -0.2) is 6.04 Å². The summed E-state index contributed by atoms with van der Waals surface area (Å²) in [6.45, 7) is 6.74. The molecule has 0 aliphatic rings. The molecule has 0 aliphatic heterocycles. The molecule has 1 aromatic heterocycles. The maximum Gasteiger partial charge on any atom is 0.0294 e. The van der Waals surface area contributed by atoms with Crippen LogP contribution in [-0.2, 0) is 12.8 Å². The van der Waals surface area contributed by atoms with Crippen LogP contribution in [0.2, 0.25) is 0 Å². The maximum absolute atomic E-state index is 3.69. The molecule has 2 aromatic rings. The average molecular weight is 287 g/mol. The zero-order valence-corrected chi connectivity index (χ0v) is 13.5. The van der Waals surface area contributed by atoms with E-state index in [1.165, 1.54) is 29.5 Å². The van der Waals surface area contributed by atoms with Crippen LogP contribution in [0.1, 0.15) is 49.9 Å². The summed E-state index contributed by atoms with van der Waals surface area (Å²) in [5.41, 5.74) is 4.25. The standard InChI is InChI=1S/C18H25NS/c1-4-5-16-6-8-18(9-7-16)15(3)19-14(2)12-17-10-11-20-13-17/h6-11,13-15,19H,4-5,12H2,1-3H3. The van der Waals surface area contributed by atoms with Crippen molar-refractivity contribution in [2.75, 3.05) is 0 Å². The molecule has 108 valence electrons. The zero-order valence-electron chi connectivity index (χ0n) is 12.7. The predicted octanol–water partition coefficient (Wildman–Crippen LogP) is 4.98. The Kier molecular flexibility index (Phi) is 5.81. The molecule has 0 bridgehead atoms. The van der Waals surface area contributed by atoms with Crippen LogP contribution in [0.4, 0.5) is 0 Å². The quantitative estimate of drug-likeness (QED) is 0.757. The third-order valence-electron chi connectivity index (χ3n) is 3.67. The van der Waals surface area contributed by atoms with Gasteiger partial charge in [-0.3, -0.25) is 0 Å². The number of benzene rings is 1. The Hall–Kier alpha value is -1.12. The van der Waals surface area contributed by atoms with E-state index in [0.717, 1.165) is 6.42 Å². The minimum atomic E-state index is 0.402. The molecule has 0 amide bonds. The summed E-state index contributed by atoms with van der Waals surface area (Å²) in [5, 5.41) is 8.08. The van der Waals surface area contributed by atoms with Crippen molar-refractivity contribution < 1.29 is 0 Å². The molecule has 1 nitrogen and oxygen atoms in total. The molecule has 2 rings (SSSR count). The van der Waals surface area contributed by atoms with Crippen LogP contribution in [0.5, 0.6) is 0 Å². The van der Waals surface area contributed by atoms with Crippen molar-refractivity contribution in [3.05, 3.63) is 57.8 Å². The zero-order chi connectivity index (χ0) is 14.4. The lowest BCUT2D eigenvalue weighted by Gasteiger charge is -2.20. The third kappa shape index (κ3) is 4.46. The first-order valence-electron chi connectivity index (χ1n) is 7.55. The third-order valence-corrected chi connectivity index (χ3v) is 4.41. The van der Waals surface area contributed by atoms with E-state index in [9.17, 15) is 0 Å². The fraction of sp³-hybridized carbons (Fsp3) is 0.444. The van der Waals surface area contributed by atoms with Crippen LogP contribution < -0.4 is 5.32 Å². The van der Waals surface area contributed by atoms with Gasteiger partial charge in [0, 0.05) is 12.1 Å². The van der Waals surface area contributed by atoms with E-state index in [4.69, 9.17) is 0 Å². The minimum Gasteiger partial charge on any atom is -0.307 e. The summed E-state index contributed by atoms with van der Waals surface area (Å²) in [5.74, 6) is 0. The van der Waals surface area contributed by atoms with E-state index in [-0.39, 0.29) is 0 Å². The maximum atomic E-state index is 3.69. The van der Waals surface area contributed by atoms with Crippen molar-refractivity contribution in [2.24, 2.45) is 0 Å². The van der Waals surface area contributed by atoms with Crippen LogP contribution in [0.3, 0.4) is 0 Å². The minimum absolute atomic E-state index is 0.402. The second-order valence-corrected chi connectivity index (χ2v) is 6.40. The molecule has 1 aromatic carbocycles. The summed E-state index contributed by atoms with van der Waals surface area (Å²) in [4.78, 5) is 0. The van der Waals surface area contributed by atoms with Gasteiger partial charge in [-0.1, -0.05) is 37.6 Å². The molecule has 0 fully saturated rings. The number of hydrogen-bond donors (Lipinski definition) is 1. The lowest BCUT2D eigenvalue weighted by molar-refractivity contribution is 0.477. The van der Waals surface area contributed by atoms with Crippen LogP contribution in [0.15, 0.2) is 41.1 Å². The highest BCUT2D eigenvalue weighted by Crippen LogP contribution is 2.16. The largest absolute Gasteiger partial charge is 0.307 e. The van der Waals surface area contributed by atoms with Gasteiger partial charge in [-0.2, -0.15) is 11.3 Å². The van der Waals surface area contributed by atoms with E-state index in [1.54, 1.807) is 11.3 Å². The van der Waals surface area contributed by atoms with Crippen molar-refractivity contribution in [3.8, 4) is 0 Å². The van der Waals surface area contributed by atoms with Gasteiger partial charge in [0.2, 0.25) is 0 Å².